The molecule has 2 fully saturated rings. The SMILES string of the molecule is CCCC1C(=O)N[C@@H]2CCN(C(=O)OCc3ccccc3)[C@@H]12. The van der Waals surface area contributed by atoms with E-state index in [1.165, 1.54) is 0 Å². The van der Waals surface area contributed by atoms with Gasteiger partial charge < -0.3 is 15.0 Å². The predicted octanol–water partition coefficient (Wildman–Crippen LogP) is 2.31. The molecule has 0 saturated carbocycles. The van der Waals surface area contributed by atoms with Gasteiger partial charge in [-0.1, -0.05) is 43.7 Å². The maximum absolute atomic E-state index is 12.4. The van der Waals surface area contributed by atoms with E-state index in [0.29, 0.717) is 6.54 Å². The average molecular weight is 302 g/mol. The third-order valence-electron chi connectivity index (χ3n) is 4.57. The summed E-state index contributed by atoms with van der Waals surface area (Å²) in [4.78, 5) is 26.2. The molecule has 1 aromatic carbocycles. The fourth-order valence-corrected chi connectivity index (χ4v) is 3.54. The summed E-state index contributed by atoms with van der Waals surface area (Å²) in [6.45, 7) is 2.99. The number of hydrogen-bond acceptors (Lipinski definition) is 3. The Balaban J connectivity index is 1.64. The molecule has 3 rings (SSSR count). The van der Waals surface area contributed by atoms with Gasteiger partial charge in [-0.2, -0.15) is 0 Å². The van der Waals surface area contributed by atoms with Gasteiger partial charge in [0.25, 0.3) is 0 Å². The van der Waals surface area contributed by atoms with Crippen molar-refractivity contribution in [1.82, 2.24) is 10.2 Å². The Labute approximate surface area is 130 Å². The first-order chi connectivity index (χ1) is 10.7. The topological polar surface area (TPSA) is 58.6 Å². The van der Waals surface area contributed by atoms with Crippen LogP contribution in [0.1, 0.15) is 31.7 Å². The van der Waals surface area contributed by atoms with E-state index in [4.69, 9.17) is 4.74 Å². The molecule has 0 aliphatic carbocycles. The minimum atomic E-state index is -0.311. The van der Waals surface area contributed by atoms with Gasteiger partial charge >= 0.3 is 6.09 Å². The predicted molar refractivity (Wildman–Crippen MR) is 82.1 cm³/mol. The molecule has 2 heterocycles. The van der Waals surface area contributed by atoms with E-state index in [-0.39, 0.29) is 36.6 Å². The number of carbonyl (C=O) groups excluding carboxylic acids is 2. The Hall–Kier alpha value is -2.04. The van der Waals surface area contributed by atoms with Crippen LogP contribution < -0.4 is 5.32 Å². The third kappa shape index (κ3) is 2.80. The number of nitrogens with zero attached hydrogens (tertiary/aromatic N) is 1. The molecule has 5 nitrogen and oxygen atoms in total. The van der Waals surface area contributed by atoms with Crippen LogP contribution in [0.25, 0.3) is 0 Å². The van der Waals surface area contributed by atoms with Crippen molar-refractivity contribution in [2.24, 2.45) is 5.92 Å². The quantitative estimate of drug-likeness (QED) is 0.928. The second kappa shape index (κ2) is 6.38. The summed E-state index contributed by atoms with van der Waals surface area (Å²) >= 11 is 0. The Morgan fingerprint density at radius 1 is 1.36 bits per heavy atom. The summed E-state index contributed by atoms with van der Waals surface area (Å²) in [6.07, 6.45) is 2.26. The van der Waals surface area contributed by atoms with Gasteiger partial charge in [-0.3, -0.25) is 4.79 Å². The molecule has 5 heteroatoms. The monoisotopic (exact) mass is 302 g/mol. The summed E-state index contributed by atoms with van der Waals surface area (Å²) in [5.41, 5.74) is 0.970. The Morgan fingerprint density at radius 3 is 2.86 bits per heavy atom. The van der Waals surface area contributed by atoms with Gasteiger partial charge in [-0.15, -0.1) is 0 Å². The minimum absolute atomic E-state index is 0.0456. The molecule has 0 aromatic heterocycles. The molecule has 22 heavy (non-hydrogen) atoms. The first-order valence-corrected chi connectivity index (χ1v) is 7.98. The van der Waals surface area contributed by atoms with Crippen LogP contribution >= 0.6 is 0 Å². The van der Waals surface area contributed by atoms with Crippen molar-refractivity contribution in [3.63, 3.8) is 0 Å². The van der Waals surface area contributed by atoms with Gasteiger partial charge in [0.15, 0.2) is 0 Å². The molecular formula is C17H22N2O3. The molecule has 0 bridgehead atoms. The van der Waals surface area contributed by atoms with E-state index in [9.17, 15) is 9.59 Å². The summed E-state index contributed by atoms with van der Waals surface area (Å²) < 4.78 is 5.43. The molecule has 0 radical (unpaired) electrons. The fraction of sp³-hybridized carbons (Fsp3) is 0.529. The van der Waals surface area contributed by atoms with Crippen LogP contribution in [0.5, 0.6) is 0 Å². The highest BCUT2D eigenvalue weighted by Crippen LogP contribution is 2.33. The lowest BCUT2D eigenvalue weighted by atomic mass is 9.94. The number of likely N-dealkylation sites (tertiary alicyclic amines) is 1. The van der Waals surface area contributed by atoms with E-state index in [0.717, 1.165) is 24.8 Å². The minimum Gasteiger partial charge on any atom is -0.445 e. The first kappa shape index (κ1) is 14.9. The van der Waals surface area contributed by atoms with Gasteiger partial charge in [0.1, 0.15) is 6.61 Å². The zero-order chi connectivity index (χ0) is 15.5. The molecule has 1 unspecified atom stereocenters. The summed E-state index contributed by atoms with van der Waals surface area (Å²) in [6, 6.07) is 9.68. The smallest absolute Gasteiger partial charge is 0.410 e. The standard InChI is InChI=1S/C17H22N2O3/c1-2-6-13-15-14(18-16(13)20)9-10-19(15)17(21)22-11-12-7-4-3-5-8-12/h3-5,7-8,13-15H,2,6,9-11H2,1H3,(H,18,20)/t13?,14-,15+/m1/s1. The van der Waals surface area contributed by atoms with Crippen molar-refractivity contribution in [2.75, 3.05) is 6.54 Å². The summed E-state index contributed by atoms with van der Waals surface area (Å²) in [5, 5.41) is 3.02. The van der Waals surface area contributed by atoms with Crippen molar-refractivity contribution >= 4 is 12.0 Å². The van der Waals surface area contributed by atoms with Gasteiger partial charge in [0.05, 0.1) is 18.0 Å². The van der Waals surface area contributed by atoms with Crippen LogP contribution in [-0.2, 0) is 16.1 Å². The first-order valence-electron chi connectivity index (χ1n) is 7.98. The van der Waals surface area contributed by atoms with Gasteiger partial charge in [-0.25, -0.2) is 4.79 Å². The Kier molecular flexibility index (Phi) is 4.32. The van der Waals surface area contributed by atoms with Crippen LogP contribution in [0.4, 0.5) is 4.79 Å². The van der Waals surface area contributed by atoms with E-state index < -0.39 is 0 Å². The number of amides is 2. The number of nitrogens with one attached hydrogen (secondary N) is 1. The van der Waals surface area contributed by atoms with E-state index in [2.05, 4.69) is 12.2 Å². The van der Waals surface area contributed by atoms with Crippen molar-refractivity contribution in [2.45, 2.75) is 44.9 Å². The molecule has 2 aliphatic heterocycles. The Bertz CT molecular complexity index is 546. The van der Waals surface area contributed by atoms with E-state index in [1.807, 2.05) is 30.3 Å². The van der Waals surface area contributed by atoms with Gasteiger partial charge in [-0.05, 0) is 18.4 Å². The molecular weight excluding hydrogens is 280 g/mol. The zero-order valence-electron chi connectivity index (χ0n) is 12.8. The number of fused-ring (bicyclic) bond motifs is 1. The maximum atomic E-state index is 12.4. The molecule has 118 valence electrons. The second-order valence-corrected chi connectivity index (χ2v) is 6.02. The third-order valence-corrected chi connectivity index (χ3v) is 4.57. The fourth-order valence-electron chi connectivity index (χ4n) is 3.54. The van der Waals surface area contributed by atoms with Crippen molar-refractivity contribution in [3.05, 3.63) is 35.9 Å². The van der Waals surface area contributed by atoms with E-state index >= 15 is 0 Å². The van der Waals surface area contributed by atoms with E-state index in [1.54, 1.807) is 4.90 Å². The normalized spacial score (nSPS) is 26.7. The average Bonchev–Trinajstić information content (AvgIpc) is 3.06. The lowest BCUT2D eigenvalue weighted by molar-refractivity contribution is -0.123. The van der Waals surface area contributed by atoms with Crippen LogP contribution in [0.3, 0.4) is 0 Å². The highest BCUT2D eigenvalue weighted by Gasteiger charge is 2.50. The number of ether oxygens (including phenoxy) is 1. The molecule has 1 N–H and O–H groups in total. The van der Waals surface area contributed by atoms with Gasteiger partial charge in [0, 0.05) is 6.54 Å². The van der Waals surface area contributed by atoms with Crippen LogP contribution in [0.2, 0.25) is 0 Å². The maximum Gasteiger partial charge on any atom is 0.410 e. The summed E-state index contributed by atoms with van der Waals surface area (Å²) in [7, 11) is 0. The molecule has 0 spiro atoms. The van der Waals surface area contributed by atoms with Crippen LogP contribution in [0.15, 0.2) is 30.3 Å². The largest absolute Gasteiger partial charge is 0.445 e. The zero-order valence-corrected chi connectivity index (χ0v) is 12.8. The number of benzene rings is 1. The number of hydrogen-bond donors (Lipinski definition) is 1. The molecule has 3 atom stereocenters. The van der Waals surface area contributed by atoms with Crippen LogP contribution in [0, 0.1) is 5.92 Å². The molecule has 2 amide bonds. The molecule has 2 saturated heterocycles. The lowest BCUT2D eigenvalue weighted by Gasteiger charge is -2.26. The van der Waals surface area contributed by atoms with Crippen LogP contribution in [-0.4, -0.2) is 35.5 Å². The summed E-state index contributed by atoms with van der Waals surface area (Å²) in [5.74, 6) is -0.0146. The highest BCUT2D eigenvalue weighted by molar-refractivity contribution is 5.84. The highest BCUT2D eigenvalue weighted by atomic mass is 16.6. The van der Waals surface area contributed by atoms with Gasteiger partial charge in [0.2, 0.25) is 5.91 Å². The number of carbonyl (C=O) groups is 2. The van der Waals surface area contributed by atoms with Crippen molar-refractivity contribution in [1.29, 1.82) is 0 Å². The van der Waals surface area contributed by atoms with Crippen molar-refractivity contribution in [3.8, 4) is 0 Å². The molecule has 2 aliphatic rings. The molecule has 1 aromatic rings. The van der Waals surface area contributed by atoms with Crippen molar-refractivity contribution < 1.29 is 14.3 Å². The lowest BCUT2D eigenvalue weighted by Crippen LogP contribution is -2.42. The second-order valence-electron chi connectivity index (χ2n) is 6.02. The Morgan fingerprint density at radius 2 is 2.14 bits per heavy atom. The number of rotatable bonds is 4.